The first-order valence-electron chi connectivity index (χ1n) is 15.4. The van der Waals surface area contributed by atoms with Crippen LogP contribution in [0.15, 0.2) is 30.3 Å². The van der Waals surface area contributed by atoms with Crippen molar-refractivity contribution in [3.8, 4) is 0 Å². The van der Waals surface area contributed by atoms with E-state index in [0.29, 0.717) is 0 Å². The van der Waals surface area contributed by atoms with Crippen LogP contribution >= 0.6 is 7.13 Å². The minimum atomic E-state index is -3.51. The Balaban J connectivity index is 3.51. The first-order chi connectivity index (χ1) is 17.0. The van der Waals surface area contributed by atoms with Crippen LogP contribution in [-0.4, -0.2) is 46.6 Å². The molecule has 35 heavy (non-hydrogen) atoms. The average Bonchev–Trinajstić information content (AvgIpc) is 2.88. The molecule has 1 aromatic rings. The molecule has 0 spiro atoms. The Morgan fingerprint density at radius 2 is 0.886 bits per heavy atom. The topological polar surface area (TPSA) is 26.7 Å². The van der Waals surface area contributed by atoms with Crippen LogP contribution in [0.25, 0.3) is 0 Å². The molecule has 1 aromatic carbocycles. The van der Waals surface area contributed by atoms with Crippen LogP contribution in [0, 0.1) is 0 Å². The maximum atomic E-state index is 13.7. The molecule has 0 bridgehead atoms. The van der Waals surface area contributed by atoms with Crippen molar-refractivity contribution in [1.82, 2.24) is 9.34 Å². The van der Waals surface area contributed by atoms with Gasteiger partial charge in [-0.25, -0.2) is 0 Å². The van der Waals surface area contributed by atoms with Crippen LogP contribution in [0.2, 0.25) is 0 Å². The molecule has 0 aromatic heterocycles. The Kier molecular flexibility index (Phi) is 17.4. The van der Waals surface area contributed by atoms with Crippen molar-refractivity contribution in [3.63, 3.8) is 0 Å². The van der Waals surface area contributed by atoms with Crippen molar-refractivity contribution in [2.24, 2.45) is 0 Å². The third kappa shape index (κ3) is 9.73. The fourth-order valence-electron chi connectivity index (χ4n) is 5.44. The maximum absolute atomic E-state index is 13.7. The van der Waals surface area contributed by atoms with Crippen LogP contribution in [0.4, 0.5) is 0 Å². The number of rotatable bonds is 23. The SMILES string of the molecule is CCCCCCCCCP(O)(c1ccccc1)(N(CCCC)CCCC)N(CCCC)CCCC. The Hall–Kier alpha value is -0.470. The summed E-state index contributed by atoms with van der Waals surface area (Å²) in [5, 5.41) is 1.21. The zero-order valence-electron chi connectivity index (χ0n) is 24.3. The molecular weight excluding hydrogens is 447 g/mol. The summed E-state index contributed by atoms with van der Waals surface area (Å²) in [5.74, 6) is 0. The van der Waals surface area contributed by atoms with E-state index in [1.165, 1.54) is 69.5 Å². The first kappa shape index (κ1) is 32.6. The second kappa shape index (κ2) is 18.7. The van der Waals surface area contributed by atoms with Gasteiger partial charge in [-0.1, -0.05) is 0 Å². The van der Waals surface area contributed by atoms with Gasteiger partial charge in [0, 0.05) is 0 Å². The standard InChI is InChI=1S/C31H61N2OP/c1-6-11-16-17-18-19-23-30-35(34,31-24-21-20-22-25-31,32(26-12-7-2)27-13-8-3)33(28-14-9-4)29-15-10-5/h20-22,24-25,34H,6-19,23,26-30H2,1-5H3. The summed E-state index contributed by atoms with van der Waals surface area (Å²) in [7, 11) is -3.51. The van der Waals surface area contributed by atoms with Gasteiger partial charge in [-0.15, -0.1) is 0 Å². The molecule has 0 aliphatic carbocycles. The van der Waals surface area contributed by atoms with Crippen LogP contribution in [-0.2, 0) is 0 Å². The van der Waals surface area contributed by atoms with Crippen molar-refractivity contribution in [3.05, 3.63) is 30.3 Å². The van der Waals surface area contributed by atoms with Gasteiger partial charge in [-0.05, 0) is 0 Å². The minimum absolute atomic E-state index is 0.921. The molecule has 0 radical (unpaired) electrons. The van der Waals surface area contributed by atoms with Crippen molar-refractivity contribution < 1.29 is 4.89 Å². The number of benzene rings is 1. The van der Waals surface area contributed by atoms with E-state index in [4.69, 9.17) is 0 Å². The molecule has 0 saturated heterocycles. The van der Waals surface area contributed by atoms with E-state index in [1.807, 2.05) is 0 Å². The second-order valence-electron chi connectivity index (χ2n) is 10.7. The van der Waals surface area contributed by atoms with Gasteiger partial charge in [0.15, 0.2) is 0 Å². The van der Waals surface area contributed by atoms with Crippen molar-refractivity contribution in [2.45, 2.75) is 131 Å². The number of hydrogen-bond acceptors (Lipinski definition) is 3. The summed E-state index contributed by atoms with van der Waals surface area (Å²) in [6.07, 6.45) is 19.2. The second-order valence-corrected chi connectivity index (χ2v) is 15.0. The first-order valence-corrected chi connectivity index (χ1v) is 17.6. The molecule has 3 nitrogen and oxygen atoms in total. The van der Waals surface area contributed by atoms with Crippen LogP contribution < -0.4 is 5.30 Å². The van der Waals surface area contributed by atoms with Gasteiger partial charge >= 0.3 is 220 Å². The number of hydrogen-bond donors (Lipinski definition) is 1. The van der Waals surface area contributed by atoms with E-state index < -0.39 is 7.13 Å². The predicted molar refractivity (Wildman–Crippen MR) is 161 cm³/mol. The van der Waals surface area contributed by atoms with Crippen LogP contribution in [0.3, 0.4) is 0 Å². The van der Waals surface area contributed by atoms with Gasteiger partial charge in [-0.3, -0.25) is 0 Å². The van der Waals surface area contributed by atoms with Crippen molar-refractivity contribution >= 4 is 12.4 Å². The van der Waals surface area contributed by atoms with Gasteiger partial charge in [0.25, 0.3) is 0 Å². The Bertz CT molecular complexity index is 588. The Morgan fingerprint density at radius 1 is 0.514 bits per heavy atom. The third-order valence-corrected chi connectivity index (χ3v) is 13.4. The fraction of sp³-hybridized carbons (Fsp3) is 0.806. The molecule has 1 N–H and O–H groups in total. The fourth-order valence-corrected chi connectivity index (χ4v) is 11.1. The van der Waals surface area contributed by atoms with Crippen LogP contribution in [0.1, 0.15) is 131 Å². The zero-order valence-corrected chi connectivity index (χ0v) is 25.2. The molecule has 0 saturated carbocycles. The predicted octanol–water partition coefficient (Wildman–Crippen LogP) is 9.16. The third-order valence-electron chi connectivity index (χ3n) is 7.73. The van der Waals surface area contributed by atoms with Gasteiger partial charge in [0.1, 0.15) is 0 Å². The van der Waals surface area contributed by atoms with Gasteiger partial charge in [-0.2, -0.15) is 0 Å². The van der Waals surface area contributed by atoms with E-state index in [-0.39, 0.29) is 0 Å². The Morgan fingerprint density at radius 3 is 1.29 bits per heavy atom. The van der Waals surface area contributed by atoms with Crippen molar-refractivity contribution in [2.75, 3.05) is 32.3 Å². The molecule has 0 atom stereocenters. The molecular formula is C31H61N2OP. The van der Waals surface area contributed by atoms with E-state index in [9.17, 15) is 4.89 Å². The van der Waals surface area contributed by atoms with E-state index >= 15 is 0 Å². The summed E-state index contributed by atoms with van der Waals surface area (Å²) in [4.78, 5) is 13.7. The molecule has 4 heteroatoms. The Labute approximate surface area is 220 Å². The van der Waals surface area contributed by atoms with E-state index in [1.54, 1.807) is 0 Å². The number of unbranched alkanes of at least 4 members (excludes halogenated alkanes) is 10. The average molecular weight is 509 g/mol. The van der Waals surface area contributed by atoms with Gasteiger partial charge in [0.05, 0.1) is 0 Å². The van der Waals surface area contributed by atoms with Crippen LogP contribution in [0.5, 0.6) is 0 Å². The molecule has 0 aliphatic heterocycles. The molecule has 0 amide bonds. The summed E-state index contributed by atoms with van der Waals surface area (Å²) in [6, 6.07) is 11.0. The van der Waals surface area contributed by atoms with E-state index in [2.05, 4.69) is 74.3 Å². The van der Waals surface area contributed by atoms with Gasteiger partial charge in [0.2, 0.25) is 0 Å². The van der Waals surface area contributed by atoms with E-state index in [0.717, 1.165) is 64.4 Å². The molecule has 0 aliphatic rings. The molecule has 0 unspecified atom stereocenters. The van der Waals surface area contributed by atoms with Gasteiger partial charge < -0.3 is 0 Å². The summed E-state index contributed by atoms with van der Waals surface area (Å²) in [6.45, 7) is 15.5. The molecule has 0 heterocycles. The summed E-state index contributed by atoms with van der Waals surface area (Å²) < 4.78 is 5.27. The molecule has 206 valence electrons. The van der Waals surface area contributed by atoms with Crippen molar-refractivity contribution in [1.29, 1.82) is 0 Å². The summed E-state index contributed by atoms with van der Waals surface area (Å²) in [5.41, 5.74) is 0. The zero-order chi connectivity index (χ0) is 25.9. The monoisotopic (exact) mass is 508 g/mol. The quantitative estimate of drug-likeness (QED) is 0.118. The number of nitrogens with zero attached hydrogens (tertiary/aromatic N) is 2. The molecule has 0 fully saturated rings. The molecule has 1 rings (SSSR count). The summed E-state index contributed by atoms with van der Waals surface area (Å²) >= 11 is 0. The normalized spacial score (nSPS) is 13.4.